The Kier molecular flexibility index (Phi) is 4.68. The minimum absolute atomic E-state index is 0.537. The van der Waals surface area contributed by atoms with Gasteiger partial charge in [0.25, 0.3) is 0 Å². The van der Waals surface area contributed by atoms with Gasteiger partial charge in [-0.2, -0.15) is 0 Å². The number of benzene rings is 1. The fourth-order valence-corrected chi connectivity index (χ4v) is 3.04. The Balaban J connectivity index is 1.54. The van der Waals surface area contributed by atoms with Crippen molar-refractivity contribution in [2.75, 3.05) is 25.0 Å². The molecular weight excluding hydrogens is 272 g/mol. The van der Waals surface area contributed by atoms with Gasteiger partial charge in [-0.3, -0.25) is 4.90 Å². The first-order chi connectivity index (χ1) is 10.7. The second kappa shape index (κ2) is 6.88. The summed E-state index contributed by atoms with van der Waals surface area (Å²) in [6, 6.07) is 11.3. The molecule has 0 bridgehead atoms. The molecule has 0 unspecified atom stereocenters. The van der Waals surface area contributed by atoms with Gasteiger partial charge >= 0.3 is 0 Å². The second-order valence-electron chi connectivity index (χ2n) is 6.16. The first-order valence-electron chi connectivity index (χ1n) is 8.00. The summed E-state index contributed by atoms with van der Waals surface area (Å²) < 4.78 is 0. The lowest BCUT2D eigenvalue weighted by Gasteiger charge is -2.36. The normalized spacial score (nSPS) is 16.6. The molecule has 0 spiro atoms. The zero-order chi connectivity index (χ0) is 15.4. The molecule has 0 aliphatic carbocycles. The molecule has 0 atom stereocenters. The molecule has 1 aromatic heterocycles. The van der Waals surface area contributed by atoms with Crippen molar-refractivity contribution < 1.29 is 0 Å². The molecule has 0 radical (unpaired) electrons. The van der Waals surface area contributed by atoms with E-state index in [0.29, 0.717) is 6.04 Å². The highest BCUT2D eigenvalue weighted by molar-refractivity contribution is 5.30. The van der Waals surface area contributed by atoms with Gasteiger partial charge in [-0.1, -0.05) is 30.3 Å². The molecule has 22 heavy (non-hydrogen) atoms. The van der Waals surface area contributed by atoms with Crippen LogP contribution in [0, 0.1) is 6.92 Å². The predicted octanol–water partition coefficient (Wildman–Crippen LogP) is 2.89. The smallest absolute Gasteiger partial charge is 0.225 e. The Hall–Kier alpha value is -1.94. The third kappa shape index (κ3) is 3.63. The van der Waals surface area contributed by atoms with Crippen LogP contribution in [0.1, 0.15) is 24.0 Å². The molecule has 1 aromatic carbocycles. The molecule has 0 N–H and O–H groups in total. The summed E-state index contributed by atoms with van der Waals surface area (Å²) in [5.41, 5.74) is 2.51. The van der Waals surface area contributed by atoms with E-state index in [-0.39, 0.29) is 0 Å². The molecule has 116 valence electrons. The van der Waals surface area contributed by atoms with Crippen LogP contribution in [0.3, 0.4) is 0 Å². The van der Waals surface area contributed by atoms with Crippen LogP contribution in [0.15, 0.2) is 42.7 Å². The average Bonchev–Trinajstić information content (AvgIpc) is 2.57. The van der Waals surface area contributed by atoms with Crippen LogP contribution in [0.2, 0.25) is 0 Å². The summed E-state index contributed by atoms with van der Waals surface area (Å²) in [7, 11) is 2.11. The number of hydrogen-bond donors (Lipinski definition) is 0. The lowest BCUT2D eigenvalue weighted by atomic mass is 10.0. The predicted molar refractivity (Wildman–Crippen MR) is 89.9 cm³/mol. The molecule has 4 heteroatoms. The Labute approximate surface area is 132 Å². The molecular formula is C18H24N4. The lowest BCUT2D eigenvalue weighted by Crippen LogP contribution is -2.43. The van der Waals surface area contributed by atoms with E-state index in [0.717, 1.165) is 31.1 Å². The van der Waals surface area contributed by atoms with Crippen molar-refractivity contribution in [1.82, 2.24) is 14.9 Å². The average molecular weight is 296 g/mol. The van der Waals surface area contributed by atoms with Crippen LogP contribution in [0.25, 0.3) is 0 Å². The largest absolute Gasteiger partial charge is 0.341 e. The molecule has 0 saturated carbocycles. The van der Waals surface area contributed by atoms with E-state index in [2.05, 4.69) is 57.1 Å². The lowest BCUT2D eigenvalue weighted by molar-refractivity contribution is 0.203. The van der Waals surface area contributed by atoms with Crippen LogP contribution in [-0.2, 0) is 6.54 Å². The van der Waals surface area contributed by atoms with Crippen molar-refractivity contribution in [2.45, 2.75) is 32.4 Å². The summed E-state index contributed by atoms with van der Waals surface area (Å²) in [5, 5.41) is 0. The number of piperidine rings is 1. The monoisotopic (exact) mass is 296 g/mol. The fraction of sp³-hybridized carbons (Fsp3) is 0.444. The second-order valence-corrected chi connectivity index (χ2v) is 6.16. The van der Waals surface area contributed by atoms with Gasteiger partial charge in [0.05, 0.1) is 0 Å². The molecule has 1 aliphatic heterocycles. The van der Waals surface area contributed by atoms with E-state index in [1.54, 1.807) is 0 Å². The van der Waals surface area contributed by atoms with Crippen molar-refractivity contribution in [2.24, 2.45) is 0 Å². The molecule has 1 aliphatic rings. The minimum atomic E-state index is 0.537. The third-order valence-electron chi connectivity index (χ3n) is 4.44. The molecule has 0 amide bonds. The molecule has 1 saturated heterocycles. The van der Waals surface area contributed by atoms with Crippen molar-refractivity contribution >= 4 is 5.95 Å². The van der Waals surface area contributed by atoms with Gasteiger partial charge in [-0.15, -0.1) is 0 Å². The van der Waals surface area contributed by atoms with Crippen LogP contribution < -0.4 is 4.90 Å². The van der Waals surface area contributed by atoms with Gasteiger partial charge in [0.15, 0.2) is 0 Å². The molecule has 1 fully saturated rings. The summed E-state index contributed by atoms with van der Waals surface area (Å²) in [6.07, 6.45) is 6.12. The Bertz CT molecular complexity index is 574. The van der Waals surface area contributed by atoms with E-state index in [9.17, 15) is 0 Å². The van der Waals surface area contributed by atoms with Gasteiger partial charge in [0, 0.05) is 45.1 Å². The number of aromatic nitrogens is 2. The van der Waals surface area contributed by atoms with Gasteiger partial charge in [-0.25, -0.2) is 9.97 Å². The summed E-state index contributed by atoms with van der Waals surface area (Å²) in [6.45, 7) is 5.34. The maximum atomic E-state index is 4.44. The van der Waals surface area contributed by atoms with Crippen molar-refractivity contribution in [3.63, 3.8) is 0 Å². The summed E-state index contributed by atoms with van der Waals surface area (Å²) in [4.78, 5) is 13.7. The van der Waals surface area contributed by atoms with Crippen LogP contribution in [0.4, 0.5) is 5.95 Å². The van der Waals surface area contributed by atoms with E-state index in [4.69, 9.17) is 0 Å². The van der Waals surface area contributed by atoms with Crippen LogP contribution >= 0.6 is 0 Å². The van der Waals surface area contributed by atoms with Crippen molar-refractivity contribution in [3.05, 3.63) is 53.9 Å². The highest BCUT2D eigenvalue weighted by Crippen LogP contribution is 2.20. The van der Waals surface area contributed by atoms with E-state index >= 15 is 0 Å². The standard InChI is InChI=1S/C18H24N4/c1-15-12-19-18(20-13-15)21(2)17-8-10-22(11-9-17)14-16-6-4-3-5-7-16/h3-7,12-13,17H,8-11,14H2,1-2H3. The van der Waals surface area contributed by atoms with E-state index in [1.807, 2.05) is 19.3 Å². The maximum Gasteiger partial charge on any atom is 0.225 e. The van der Waals surface area contributed by atoms with Gasteiger partial charge in [-0.05, 0) is 30.9 Å². The van der Waals surface area contributed by atoms with Crippen molar-refractivity contribution in [1.29, 1.82) is 0 Å². The SMILES string of the molecule is Cc1cnc(N(C)C2CCN(Cc3ccccc3)CC2)nc1. The first kappa shape index (κ1) is 15.0. The molecule has 4 nitrogen and oxygen atoms in total. The number of anilines is 1. The number of rotatable bonds is 4. The third-order valence-corrected chi connectivity index (χ3v) is 4.44. The summed E-state index contributed by atoms with van der Waals surface area (Å²) in [5.74, 6) is 0.840. The molecule has 3 rings (SSSR count). The van der Waals surface area contributed by atoms with Gasteiger partial charge in [0.2, 0.25) is 5.95 Å². The van der Waals surface area contributed by atoms with Crippen molar-refractivity contribution in [3.8, 4) is 0 Å². The summed E-state index contributed by atoms with van der Waals surface area (Å²) >= 11 is 0. The van der Waals surface area contributed by atoms with Crippen LogP contribution in [-0.4, -0.2) is 41.0 Å². The number of hydrogen-bond acceptors (Lipinski definition) is 4. The zero-order valence-electron chi connectivity index (χ0n) is 13.4. The van der Waals surface area contributed by atoms with Gasteiger partial charge in [0.1, 0.15) is 0 Å². The first-order valence-corrected chi connectivity index (χ1v) is 8.00. The Morgan fingerprint density at radius 2 is 1.73 bits per heavy atom. The number of aryl methyl sites for hydroxylation is 1. The molecule has 2 aromatic rings. The highest BCUT2D eigenvalue weighted by atomic mass is 15.3. The van der Waals surface area contributed by atoms with Crippen LogP contribution in [0.5, 0.6) is 0 Å². The van der Waals surface area contributed by atoms with E-state index < -0.39 is 0 Å². The minimum Gasteiger partial charge on any atom is -0.341 e. The van der Waals surface area contributed by atoms with Gasteiger partial charge < -0.3 is 4.90 Å². The topological polar surface area (TPSA) is 32.3 Å². The number of nitrogens with zero attached hydrogens (tertiary/aromatic N) is 4. The van der Waals surface area contributed by atoms with E-state index in [1.165, 1.54) is 18.4 Å². The Morgan fingerprint density at radius 3 is 2.36 bits per heavy atom. The maximum absolute atomic E-state index is 4.44. The zero-order valence-corrected chi connectivity index (χ0v) is 13.4. The quantitative estimate of drug-likeness (QED) is 0.868. The number of likely N-dealkylation sites (tertiary alicyclic amines) is 1. The highest BCUT2D eigenvalue weighted by Gasteiger charge is 2.23. The fourth-order valence-electron chi connectivity index (χ4n) is 3.04. The molecule has 2 heterocycles. The Morgan fingerprint density at radius 1 is 1.09 bits per heavy atom.